The molecule has 0 amide bonds. The number of carbonyl (C=O) groups is 1. The van der Waals surface area contributed by atoms with Gasteiger partial charge in [0.15, 0.2) is 0 Å². The molecule has 7 N–H and O–H groups in total. The average molecular weight is 359 g/mol. The molecule has 2 heterocycles. The van der Waals surface area contributed by atoms with Gasteiger partial charge in [-0.05, 0) is 12.8 Å². The number of nitrogens with zero attached hydrogens (tertiary/aromatic N) is 1. The molecule has 0 saturated carbocycles. The molecule has 5 atom stereocenters. The Morgan fingerprint density at radius 1 is 1.48 bits per heavy atom. The van der Waals surface area contributed by atoms with Gasteiger partial charge in [0, 0.05) is 13.2 Å². The molecule has 1 fully saturated rings. The van der Waals surface area contributed by atoms with Crippen molar-refractivity contribution in [1.82, 2.24) is 9.55 Å². The van der Waals surface area contributed by atoms with Crippen LogP contribution in [0.3, 0.4) is 0 Å². The zero-order chi connectivity index (χ0) is 18.9. The minimum Gasteiger partial charge on any atom is -0.480 e. The maximum Gasteiger partial charge on any atom is 0.328 e. The van der Waals surface area contributed by atoms with Gasteiger partial charge >= 0.3 is 11.7 Å². The monoisotopic (exact) mass is 359 g/mol. The van der Waals surface area contributed by atoms with E-state index < -0.39 is 53.8 Å². The van der Waals surface area contributed by atoms with E-state index in [1.54, 1.807) is 0 Å². The van der Waals surface area contributed by atoms with E-state index in [2.05, 4.69) is 4.98 Å². The lowest BCUT2D eigenvalue weighted by molar-refractivity contribution is -0.140. The lowest BCUT2D eigenvalue weighted by atomic mass is 9.83. The maximum atomic E-state index is 12.3. The first-order valence-corrected chi connectivity index (χ1v) is 7.57. The molecule has 140 valence electrons. The van der Waals surface area contributed by atoms with Crippen LogP contribution in [0.5, 0.6) is 0 Å². The first-order chi connectivity index (χ1) is 11.6. The Kier molecular flexibility index (Phi) is 5.44. The van der Waals surface area contributed by atoms with Gasteiger partial charge in [-0.2, -0.15) is 0 Å². The smallest absolute Gasteiger partial charge is 0.328 e. The quantitative estimate of drug-likeness (QED) is 0.300. The Balaban J connectivity index is 2.54. The first kappa shape index (κ1) is 19.3. The molecule has 0 bridgehead atoms. The van der Waals surface area contributed by atoms with E-state index in [9.17, 15) is 29.7 Å². The Labute approximate surface area is 141 Å². The standard InChI is InChI=1S/C14H21N3O8/c1-17-4-6(11(21)16-13(17)24)14(3-2-7(15)12(22)23)10(20)9(19)8(5-18)25-14/h4,7-10,18-20H,2-3,5,15H2,1H3,(H,22,23)(H,16,21,24)/t7?,8-,9-,10-,14+/m1/s1. The predicted molar refractivity (Wildman–Crippen MR) is 82.8 cm³/mol. The van der Waals surface area contributed by atoms with Gasteiger partial charge in [-0.1, -0.05) is 0 Å². The summed E-state index contributed by atoms with van der Waals surface area (Å²) in [6, 6.07) is -1.29. The molecule has 11 heteroatoms. The van der Waals surface area contributed by atoms with Crippen molar-refractivity contribution in [3.05, 3.63) is 32.6 Å². The molecule has 1 aromatic heterocycles. The molecule has 1 aliphatic rings. The maximum absolute atomic E-state index is 12.3. The molecule has 1 aliphatic heterocycles. The number of ether oxygens (including phenoxy) is 1. The van der Waals surface area contributed by atoms with Crippen LogP contribution >= 0.6 is 0 Å². The first-order valence-electron chi connectivity index (χ1n) is 7.57. The number of aliphatic carboxylic acids is 1. The largest absolute Gasteiger partial charge is 0.480 e. The summed E-state index contributed by atoms with van der Waals surface area (Å²) in [4.78, 5) is 36.8. The van der Waals surface area contributed by atoms with Crippen LogP contribution in [0.15, 0.2) is 15.8 Å². The van der Waals surface area contributed by atoms with E-state index in [1.165, 1.54) is 7.05 Å². The molecule has 2 rings (SSSR count). The number of aliphatic hydroxyl groups is 3. The van der Waals surface area contributed by atoms with Gasteiger partial charge in [-0.15, -0.1) is 0 Å². The van der Waals surface area contributed by atoms with Crippen LogP contribution in [0.1, 0.15) is 18.4 Å². The molecular weight excluding hydrogens is 338 g/mol. The predicted octanol–water partition coefficient (Wildman–Crippen LogP) is -3.43. The lowest BCUT2D eigenvalue weighted by Crippen LogP contribution is -2.47. The van der Waals surface area contributed by atoms with Crippen molar-refractivity contribution < 1.29 is 30.0 Å². The summed E-state index contributed by atoms with van der Waals surface area (Å²) in [5.74, 6) is -1.28. The van der Waals surface area contributed by atoms with Gasteiger partial charge in [0.25, 0.3) is 5.56 Å². The fourth-order valence-corrected chi connectivity index (χ4v) is 2.96. The van der Waals surface area contributed by atoms with Crippen LogP contribution in [0.2, 0.25) is 0 Å². The van der Waals surface area contributed by atoms with Crippen LogP contribution in [-0.2, 0) is 22.2 Å². The van der Waals surface area contributed by atoms with Gasteiger partial charge in [0.05, 0.1) is 12.2 Å². The number of aromatic amines is 1. The summed E-state index contributed by atoms with van der Waals surface area (Å²) in [5.41, 5.74) is 1.94. The van der Waals surface area contributed by atoms with Gasteiger partial charge in [0.2, 0.25) is 0 Å². The second-order valence-corrected chi connectivity index (χ2v) is 6.06. The van der Waals surface area contributed by atoms with E-state index in [-0.39, 0.29) is 18.4 Å². The lowest BCUT2D eigenvalue weighted by Gasteiger charge is -2.32. The summed E-state index contributed by atoms with van der Waals surface area (Å²) < 4.78 is 6.63. The zero-order valence-electron chi connectivity index (χ0n) is 13.5. The van der Waals surface area contributed by atoms with Crippen LogP contribution in [0.25, 0.3) is 0 Å². The number of aryl methyl sites for hydroxylation is 1. The summed E-state index contributed by atoms with van der Waals surface area (Å²) >= 11 is 0. The minimum atomic E-state index is -1.82. The van der Waals surface area contributed by atoms with E-state index in [4.69, 9.17) is 15.6 Å². The molecular formula is C14H21N3O8. The van der Waals surface area contributed by atoms with Crippen molar-refractivity contribution in [3.63, 3.8) is 0 Å². The highest BCUT2D eigenvalue weighted by molar-refractivity contribution is 5.73. The van der Waals surface area contributed by atoms with Crippen molar-refractivity contribution in [1.29, 1.82) is 0 Å². The summed E-state index contributed by atoms with van der Waals surface area (Å²) in [6.45, 7) is -0.630. The van der Waals surface area contributed by atoms with Gasteiger partial charge < -0.3 is 35.5 Å². The van der Waals surface area contributed by atoms with Crippen LogP contribution in [0, 0.1) is 0 Å². The summed E-state index contributed by atoms with van der Waals surface area (Å²) in [7, 11) is 1.36. The molecule has 1 unspecified atom stereocenters. The highest BCUT2D eigenvalue weighted by atomic mass is 16.6. The highest BCUT2D eigenvalue weighted by Crippen LogP contribution is 2.42. The van der Waals surface area contributed by atoms with E-state index in [1.807, 2.05) is 0 Å². The van der Waals surface area contributed by atoms with E-state index >= 15 is 0 Å². The Morgan fingerprint density at radius 2 is 2.12 bits per heavy atom. The second kappa shape index (κ2) is 7.06. The number of nitrogens with one attached hydrogen (secondary N) is 1. The molecule has 1 saturated heterocycles. The van der Waals surface area contributed by atoms with Crippen LogP contribution in [0.4, 0.5) is 0 Å². The molecule has 25 heavy (non-hydrogen) atoms. The number of hydrogen-bond donors (Lipinski definition) is 6. The molecule has 0 spiro atoms. The number of carboxylic acid groups (broad SMARTS) is 1. The molecule has 0 aromatic carbocycles. The van der Waals surface area contributed by atoms with Gasteiger partial charge in [-0.25, -0.2) is 4.79 Å². The highest BCUT2D eigenvalue weighted by Gasteiger charge is 2.56. The van der Waals surface area contributed by atoms with Gasteiger partial charge in [0.1, 0.15) is 30.0 Å². The number of carboxylic acids is 1. The molecule has 11 nitrogen and oxygen atoms in total. The number of nitrogens with two attached hydrogens (primary N) is 1. The third-order valence-corrected chi connectivity index (χ3v) is 4.43. The van der Waals surface area contributed by atoms with Crippen molar-refractivity contribution in [2.45, 2.75) is 42.8 Å². The summed E-state index contributed by atoms with van der Waals surface area (Å²) in [5, 5.41) is 38.8. The second-order valence-electron chi connectivity index (χ2n) is 6.06. The fraction of sp³-hybridized carbons (Fsp3) is 0.643. The third kappa shape index (κ3) is 3.37. The fourth-order valence-electron chi connectivity index (χ4n) is 2.96. The number of aliphatic hydroxyl groups excluding tert-OH is 3. The van der Waals surface area contributed by atoms with Crippen molar-refractivity contribution in [2.24, 2.45) is 12.8 Å². The molecule has 0 aliphatic carbocycles. The molecule has 0 radical (unpaired) electrons. The van der Waals surface area contributed by atoms with Crippen molar-refractivity contribution in [2.75, 3.05) is 6.61 Å². The van der Waals surface area contributed by atoms with Crippen molar-refractivity contribution >= 4 is 5.97 Å². The van der Waals surface area contributed by atoms with Gasteiger partial charge in [-0.3, -0.25) is 14.6 Å². The molecule has 1 aromatic rings. The van der Waals surface area contributed by atoms with E-state index in [0.29, 0.717) is 0 Å². The average Bonchev–Trinajstić information content (AvgIpc) is 2.81. The van der Waals surface area contributed by atoms with E-state index in [0.717, 1.165) is 10.8 Å². The number of hydrogen-bond acceptors (Lipinski definition) is 8. The normalized spacial score (nSPS) is 30.4. The minimum absolute atomic E-state index is 0.172. The Bertz CT molecular complexity index is 759. The Hall–Kier alpha value is -2.05. The summed E-state index contributed by atoms with van der Waals surface area (Å²) in [6.07, 6.45) is -3.60. The van der Waals surface area contributed by atoms with Crippen LogP contribution < -0.4 is 17.0 Å². The third-order valence-electron chi connectivity index (χ3n) is 4.43. The Morgan fingerprint density at radius 3 is 2.64 bits per heavy atom. The zero-order valence-corrected chi connectivity index (χ0v) is 13.5. The number of rotatable bonds is 6. The topological polar surface area (TPSA) is 188 Å². The number of aromatic nitrogens is 2. The number of H-pyrrole nitrogens is 1. The van der Waals surface area contributed by atoms with Crippen molar-refractivity contribution in [3.8, 4) is 0 Å². The van der Waals surface area contributed by atoms with Crippen LogP contribution in [-0.4, -0.2) is 66.9 Å². The SMILES string of the molecule is Cn1cc([C@]2(CCC(N)C(=O)O)O[C@H](CO)[C@@H](O)[C@H]2O)c(=O)[nH]c1=O.